The molecule has 1 rings (SSSR count). The van der Waals surface area contributed by atoms with E-state index in [-0.39, 0.29) is 5.56 Å². The predicted octanol–water partition coefficient (Wildman–Crippen LogP) is 0.338. The fraction of sp³-hybridized carbons (Fsp3) is 0.667. The maximum Gasteiger partial charge on any atom is 0.292 e. The van der Waals surface area contributed by atoms with Gasteiger partial charge in [0, 0.05) is 27.2 Å². The highest BCUT2D eigenvalue weighted by Crippen LogP contribution is 2.18. The molecule has 0 aliphatic heterocycles. The quantitative estimate of drug-likeness (QED) is 0.762. The average molecular weight is 198 g/mol. The molecule has 5 heteroatoms. The molecule has 5 nitrogen and oxygen atoms in total. The molecule has 80 valence electrons. The van der Waals surface area contributed by atoms with E-state index in [1.165, 1.54) is 0 Å². The SMILES string of the molecule is CCn1c(N(C)C)c(N)c(=O)n1CC. The molecule has 0 bridgehead atoms. The van der Waals surface area contributed by atoms with E-state index in [0.717, 1.165) is 12.4 Å². The molecule has 0 radical (unpaired) electrons. The minimum Gasteiger partial charge on any atom is -0.391 e. The second-order valence-electron chi connectivity index (χ2n) is 3.37. The third-order valence-electron chi connectivity index (χ3n) is 2.26. The smallest absolute Gasteiger partial charge is 0.292 e. The van der Waals surface area contributed by atoms with Gasteiger partial charge in [-0.2, -0.15) is 0 Å². The lowest BCUT2D eigenvalue weighted by molar-refractivity contribution is 0.478. The van der Waals surface area contributed by atoms with Crippen LogP contribution in [0.5, 0.6) is 0 Å². The molecule has 1 aromatic heterocycles. The number of anilines is 2. The monoisotopic (exact) mass is 198 g/mol. The van der Waals surface area contributed by atoms with Crippen LogP contribution >= 0.6 is 0 Å². The lowest BCUT2D eigenvalue weighted by Gasteiger charge is -2.17. The highest BCUT2D eigenvalue weighted by Gasteiger charge is 2.16. The van der Waals surface area contributed by atoms with Crippen LogP contribution in [0.4, 0.5) is 11.5 Å². The summed E-state index contributed by atoms with van der Waals surface area (Å²) in [5.74, 6) is 0.791. The third-order valence-corrected chi connectivity index (χ3v) is 2.26. The van der Waals surface area contributed by atoms with Crippen LogP contribution in [0.1, 0.15) is 13.8 Å². The van der Waals surface area contributed by atoms with Crippen molar-refractivity contribution in [2.45, 2.75) is 26.9 Å². The van der Waals surface area contributed by atoms with Crippen molar-refractivity contribution in [3.63, 3.8) is 0 Å². The number of hydrogen-bond acceptors (Lipinski definition) is 3. The molecule has 14 heavy (non-hydrogen) atoms. The van der Waals surface area contributed by atoms with Crippen molar-refractivity contribution in [1.82, 2.24) is 9.36 Å². The predicted molar refractivity (Wildman–Crippen MR) is 58.8 cm³/mol. The zero-order valence-corrected chi connectivity index (χ0v) is 9.24. The van der Waals surface area contributed by atoms with Gasteiger partial charge in [0.15, 0.2) is 5.82 Å². The van der Waals surface area contributed by atoms with Crippen LogP contribution in [0.25, 0.3) is 0 Å². The molecule has 0 spiro atoms. The molecule has 0 unspecified atom stereocenters. The van der Waals surface area contributed by atoms with Crippen LogP contribution in [0, 0.1) is 0 Å². The van der Waals surface area contributed by atoms with Gasteiger partial charge in [-0.3, -0.25) is 9.48 Å². The van der Waals surface area contributed by atoms with E-state index in [2.05, 4.69) is 0 Å². The molecule has 0 atom stereocenters. The Hall–Kier alpha value is -1.39. The van der Waals surface area contributed by atoms with Gasteiger partial charge in [0.25, 0.3) is 5.56 Å². The Bertz CT molecular complexity index is 375. The molecule has 0 aliphatic carbocycles. The molecule has 0 fully saturated rings. The first-order valence-electron chi connectivity index (χ1n) is 4.80. The van der Waals surface area contributed by atoms with Gasteiger partial charge in [0.1, 0.15) is 5.69 Å². The van der Waals surface area contributed by atoms with E-state index < -0.39 is 0 Å². The Morgan fingerprint density at radius 1 is 1.21 bits per heavy atom. The van der Waals surface area contributed by atoms with Crippen molar-refractivity contribution in [2.75, 3.05) is 24.7 Å². The Balaban J connectivity index is 3.49. The van der Waals surface area contributed by atoms with Crippen LogP contribution in [0.3, 0.4) is 0 Å². The molecular weight excluding hydrogens is 180 g/mol. The lowest BCUT2D eigenvalue weighted by atomic mass is 10.5. The summed E-state index contributed by atoms with van der Waals surface area (Å²) in [6.45, 7) is 5.32. The highest BCUT2D eigenvalue weighted by molar-refractivity contribution is 5.61. The second kappa shape index (κ2) is 3.77. The second-order valence-corrected chi connectivity index (χ2v) is 3.37. The van der Waals surface area contributed by atoms with Gasteiger partial charge in [0.2, 0.25) is 0 Å². The van der Waals surface area contributed by atoms with Gasteiger partial charge >= 0.3 is 0 Å². The molecule has 0 amide bonds. The summed E-state index contributed by atoms with van der Waals surface area (Å²) < 4.78 is 3.56. The van der Waals surface area contributed by atoms with Crippen molar-refractivity contribution in [3.8, 4) is 0 Å². The van der Waals surface area contributed by atoms with Gasteiger partial charge in [-0.25, -0.2) is 4.68 Å². The van der Waals surface area contributed by atoms with Crippen molar-refractivity contribution in [1.29, 1.82) is 0 Å². The first kappa shape index (κ1) is 10.7. The van der Waals surface area contributed by atoms with Crippen molar-refractivity contribution < 1.29 is 0 Å². The fourth-order valence-electron chi connectivity index (χ4n) is 1.70. The van der Waals surface area contributed by atoms with Crippen molar-refractivity contribution >= 4 is 11.5 Å². The van der Waals surface area contributed by atoms with E-state index in [4.69, 9.17) is 5.73 Å². The molecule has 1 heterocycles. The maximum absolute atomic E-state index is 11.7. The number of hydrogen-bond donors (Lipinski definition) is 1. The number of nitrogens with two attached hydrogens (primary N) is 1. The van der Waals surface area contributed by atoms with Gasteiger partial charge in [0.05, 0.1) is 0 Å². The summed E-state index contributed by atoms with van der Waals surface area (Å²) in [5.41, 5.74) is 5.99. The molecule has 1 aromatic rings. The summed E-state index contributed by atoms with van der Waals surface area (Å²) in [4.78, 5) is 13.6. The standard InChI is InChI=1S/C9H18N4O/c1-5-12-8(11(3)4)7(10)9(14)13(12)6-2/h5-6,10H2,1-4H3. The summed E-state index contributed by atoms with van der Waals surface area (Å²) in [7, 11) is 3.77. The van der Waals surface area contributed by atoms with Crippen LogP contribution < -0.4 is 16.2 Å². The lowest BCUT2D eigenvalue weighted by Crippen LogP contribution is -2.23. The maximum atomic E-state index is 11.7. The fourth-order valence-corrected chi connectivity index (χ4v) is 1.70. The number of rotatable bonds is 3. The normalized spacial score (nSPS) is 10.6. The van der Waals surface area contributed by atoms with Gasteiger partial charge < -0.3 is 10.6 Å². The Morgan fingerprint density at radius 3 is 2.07 bits per heavy atom. The van der Waals surface area contributed by atoms with Gasteiger partial charge in [-0.15, -0.1) is 0 Å². The molecular formula is C9H18N4O. The van der Waals surface area contributed by atoms with E-state index in [0.29, 0.717) is 12.2 Å². The summed E-state index contributed by atoms with van der Waals surface area (Å²) >= 11 is 0. The largest absolute Gasteiger partial charge is 0.391 e. The zero-order chi connectivity index (χ0) is 10.9. The highest BCUT2D eigenvalue weighted by atomic mass is 16.1. The molecule has 2 N–H and O–H groups in total. The number of nitrogen functional groups attached to an aromatic ring is 1. The Labute approximate surface area is 83.7 Å². The Kier molecular flexibility index (Phi) is 2.88. The van der Waals surface area contributed by atoms with Crippen LogP contribution in [0.15, 0.2) is 4.79 Å². The van der Waals surface area contributed by atoms with Gasteiger partial charge in [-0.1, -0.05) is 0 Å². The third kappa shape index (κ3) is 1.38. The van der Waals surface area contributed by atoms with Gasteiger partial charge in [-0.05, 0) is 13.8 Å². The van der Waals surface area contributed by atoms with Crippen LogP contribution in [0.2, 0.25) is 0 Å². The van der Waals surface area contributed by atoms with Crippen LogP contribution in [-0.4, -0.2) is 23.5 Å². The average Bonchev–Trinajstić information content (AvgIpc) is 2.39. The minimum absolute atomic E-state index is 0.0990. The van der Waals surface area contributed by atoms with E-state index in [1.54, 1.807) is 4.68 Å². The molecule has 0 saturated heterocycles. The molecule has 0 aliphatic rings. The zero-order valence-electron chi connectivity index (χ0n) is 9.24. The summed E-state index contributed by atoms with van der Waals surface area (Å²) in [6, 6.07) is 0. The Morgan fingerprint density at radius 2 is 1.71 bits per heavy atom. The minimum atomic E-state index is -0.0990. The van der Waals surface area contributed by atoms with E-state index >= 15 is 0 Å². The van der Waals surface area contributed by atoms with Crippen molar-refractivity contribution in [3.05, 3.63) is 10.4 Å². The summed E-state index contributed by atoms with van der Waals surface area (Å²) in [6.07, 6.45) is 0. The van der Waals surface area contributed by atoms with Crippen LogP contribution in [-0.2, 0) is 13.1 Å². The number of nitrogens with zero attached hydrogens (tertiary/aromatic N) is 3. The van der Waals surface area contributed by atoms with Crippen molar-refractivity contribution in [2.24, 2.45) is 0 Å². The summed E-state index contributed by atoms with van der Waals surface area (Å²) in [5, 5.41) is 0. The first-order valence-corrected chi connectivity index (χ1v) is 4.80. The molecule has 0 aromatic carbocycles. The molecule has 0 saturated carbocycles. The van der Waals surface area contributed by atoms with E-state index in [9.17, 15) is 4.79 Å². The number of aromatic nitrogens is 2. The van der Waals surface area contributed by atoms with E-state index in [1.807, 2.05) is 37.5 Å². The first-order chi connectivity index (χ1) is 6.54. The topological polar surface area (TPSA) is 56.2 Å².